The summed E-state index contributed by atoms with van der Waals surface area (Å²) in [6, 6.07) is 11.1. The van der Waals surface area contributed by atoms with Crippen molar-refractivity contribution < 1.29 is 4.79 Å². The number of nitrogens with zero attached hydrogens (tertiary/aromatic N) is 3. The van der Waals surface area contributed by atoms with Gasteiger partial charge in [0.05, 0.1) is 5.92 Å². The number of benzene rings is 1. The molecule has 1 aromatic rings. The summed E-state index contributed by atoms with van der Waals surface area (Å²) in [6.07, 6.45) is 3.41. The molecule has 5 heteroatoms. The van der Waals surface area contributed by atoms with Crippen molar-refractivity contribution in [2.45, 2.75) is 25.3 Å². The normalized spacial score (nSPS) is 28.5. The van der Waals surface area contributed by atoms with Crippen molar-refractivity contribution in [1.29, 1.82) is 0 Å². The summed E-state index contributed by atoms with van der Waals surface area (Å²) in [7, 11) is 0. The molecule has 2 bridgehead atoms. The molecule has 3 heterocycles. The van der Waals surface area contributed by atoms with Crippen molar-refractivity contribution in [2.75, 3.05) is 57.3 Å². The standard InChI is InChI=1S/C20H30N4O/c25-20-17-5-4-6-18(21-20)16-23(15-17)10-9-22-11-13-24(14-12-22)19-7-2-1-3-8-19/h1-3,7-8,17-18H,4-6,9-16H2,(H,21,25)/t17-,18+/m0/s1. The van der Waals surface area contributed by atoms with Gasteiger partial charge in [0, 0.05) is 64.1 Å². The van der Waals surface area contributed by atoms with Gasteiger partial charge in [0.15, 0.2) is 0 Å². The second-order valence-electron chi connectivity index (χ2n) is 7.76. The lowest BCUT2D eigenvalue weighted by Crippen LogP contribution is -2.49. The van der Waals surface area contributed by atoms with E-state index in [2.05, 4.69) is 50.3 Å². The van der Waals surface area contributed by atoms with Crippen LogP contribution in [0.1, 0.15) is 19.3 Å². The number of carbonyl (C=O) groups is 1. The summed E-state index contributed by atoms with van der Waals surface area (Å²) < 4.78 is 0. The van der Waals surface area contributed by atoms with Crippen LogP contribution in [0.4, 0.5) is 5.69 Å². The average Bonchev–Trinajstić information content (AvgIpc) is 2.90. The van der Waals surface area contributed by atoms with E-state index >= 15 is 0 Å². The largest absolute Gasteiger partial charge is 0.369 e. The molecule has 25 heavy (non-hydrogen) atoms. The molecule has 3 fully saturated rings. The minimum atomic E-state index is 0.211. The molecule has 0 saturated carbocycles. The van der Waals surface area contributed by atoms with Crippen LogP contribution in [0.3, 0.4) is 0 Å². The first-order valence-electron chi connectivity index (χ1n) is 9.83. The van der Waals surface area contributed by atoms with Gasteiger partial charge in [-0.3, -0.25) is 14.6 Å². The van der Waals surface area contributed by atoms with E-state index in [9.17, 15) is 4.79 Å². The first kappa shape index (κ1) is 16.9. The van der Waals surface area contributed by atoms with Crippen LogP contribution in [-0.4, -0.2) is 74.1 Å². The number of rotatable bonds is 4. The molecule has 5 nitrogen and oxygen atoms in total. The van der Waals surface area contributed by atoms with Crippen molar-refractivity contribution in [3.8, 4) is 0 Å². The van der Waals surface area contributed by atoms with Crippen molar-refractivity contribution >= 4 is 11.6 Å². The third kappa shape index (κ3) is 4.15. The van der Waals surface area contributed by atoms with Gasteiger partial charge in [0.2, 0.25) is 5.91 Å². The smallest absolute Gasteiger partial charge is 0.224 e. The van der Waals surface area contributed by atoms with Gasteiger partial charge in [0.25, 0.3) is 0 Å². The summed E-state index contributed by atoms with van der Waals surface area (Å²) in [5.74, 6) is 0.504. The average molecular weight is 342 g/mol. The van der Waals surface area contributed by atoms with Crippen LogP contribution in [0.25, 0.3) is 0 Å². The van der Waals surface area contributed by atoms with Crippen LogP contribution in [-0.2, 0) is 4.79 Å². The maximum Gasteiger partial charge on any atom is 0.224 e. The minimum Gasteiger partial charge on any atom is -0.369 e. The third-order valence-corrected chi connectivity index (χ3v) is 6.01. The lowest BCUT2D eigenvalue weighted by Gasteiger charge is -2.37. The van der Waals surface area contributed by atoms with Gasteiger partial charge in [-0.15, -0.1) is 0 Å². The Morgan fingerprint density at radius 2 is 1.68 bits per heavy atom. The van der Waals surface area contributed by atoms with Crippen molar-refractivity contribution in [2.24, 2.45) is 5.92 Å². The van der Waals surface area contributed by atoms with E-state index in [1.165, 1.54) is 12.1 Å². The molecule has 0 unspecified atom stereocenters. The third-order valence-electron chi connectivity index (χ3n) is 6.01. The Hall–Kier alpha value is -1.59. The van der Waals surface area contributed by atoms with Gasteiger partial charge in [-0.1, -0.05) is 24.6 Å². The number of likely N-dealkylation sites (tertiary alicyclic amines) is 1. The summed E-state index contributed by atoms with van der Waals surface area (Å²) in [5.41, 5.74) is 1.34. The number of para-hydroxylation sites is 1. The zero-order valence-electron chi connectivity index (χ0n) is 15.1. The summed E-state index contributed by atoms with van der Waals surface area (Å²) in [4.78, 5) is 19.7. The van der Waals surface area contributed by atoms with E-state index < -0.39 is 0 Å². The van der Waals surface area contributed by atoms with E-state index in [-0.39, 0.29) is 5.92 Å². The molecule has 1 N–H and O–H groups in total. The number of hydrogen-bond donors (Lipinski definition) is 1. The zero-order chi connectivity index (χ0) is 17.1. The molecule has 1 aromatic carbocycles. The highest BCUT2D eigenvalue weighted by molar-refractivity contribution is 5.79. The second kappa shape index (κ2) is 7.75. The number of amides is 1. The zero-order valence-corrected chi connectivity index (χ0v) is 15.1. The van der Waals surface area contributed by atoms with Gasteiger partial charge in [-0.2, -0.15) is 0 Å². The van der Waals surface area contributed by atoms with Crippen LogP contribution in [0.5, 0.6) is 0 Å². The fourth-order valence-electron chi connectivity index (χ4n) is 4.48. The molecule has 0 spiro atoms. The van der Waals surface area contributed by atoms with Crippen molar-refractivity contribution in [1.82, 2.24) is 15.1 Å². The molecule has 0 radical (unpaired) electrons. The van der Waals surface area contributed by atoms with Gasteiger partial charge >= 0.3 is 0 Å². The Kier molecular flexibility index (Phi) is 5.22. The molecule has 4 rings (SSSR count). The number of fused-ring (bicyclic) bond motifs is 3. The number of hydrogen-bond acceptors (Lipinski definition) is 4. The summed E-state index contributed by atoms with van der Waals surface area (Å²) in [6.45, 7) is 8.67. The molecule has 136 valence electrons. The Morgan fingerprint density at radius 1 is 0.920 bits per heavy atom. The molecule has 3 saturated heterocycles. The topological polar surface area (TPSA) is 38.8 Å². The van der Waals surface area contributed by atoms with E-state index in [0.29, 0.717) is 11.9 Å². The van der Waals surface area contributed by atoms with Crippen LogP contribution >= 0.6 is 0 Å². The molecule has 1 amide bonds. The van der Waals surface area contributed by atoms with Crippen molar-refractivity contribution in [3.05, 3.63) is 30.3 Å². The van der Waals surface area contributed by atoms with Gasteiger partial charge in [-0.05, 0) is 25.0 Å². The lowest BCUT2D eigenvalue weighted by molar-refractivity contribution is -0.124. The van der Waals surface area contributed by atoms with Gasteiger partial charge in [0.1, 0.15) is 0 Å². The summed E-state index contributed by atoms with van der Waals surface area (Å²) in [5, 5.41) is 3.23. The van der Waals surface area contributed by atoms with E-state index in [0.717, 1.165) is 65.2 Å². The number of piperazine rings is 1. The van der Waals surface area contributed by atoms with E-state index in [1.54, 1.807) is 0 Å². The Morgan fingerprint density at radius 3 is 2.48 bits per heavy atom. The molecule has 0 aliphatic carbocycles. The first-order chi connectivity index (χ1) is 12.3. The Bertz CT molecular complexity index is 570. The van der Waals surface area contributed by atoms with Crippen LogP contribution < -0.4 is 10.2 Å². The van der Waals surface area contributed by atoms with Crippen LogP contribution in [0.2, 0.25) is 0 Å². The second-order valence-corrected chi connectivity index (χ2v) is 7.76. The van der Waals surface area contributed by atoms with Gasteiger partial charge < -0.3 is 10.2 Å². The fourth-order valence-corrected chi connectivity index (χ4v) is 4.48. The molecular weight excluding hydrogens is 312 g/mol. The predicted octanol–water partition coefficient (Wildman–Crippen LogP) is 1.41. The van der Waals surface area contributed by atoms with Crippen molar-refractivity contribution in [3.63, 3.8) is 0 Å². The maximum atomic E-state index is 12.2. The molecule has 3 aliphatic heterocycles. The number of nitrogens with one attached hydrogen (secondary N) is 1. The number of anilines is 1. The fraction of sp³-hybridized carbons (Fsp3) is 0.650. The highest BCUT2D eigenvalue weighted by atomic mass is 16.2. The predicted molar refractivity (Wildman–Crippen MR) is 101 cm³/mol. The molecule has 0 aromatic heterocycles. The monoisotopic (exact) mass is 342 g/mol. The SMILES string of the molecule is O=C1N[C@@H]2CCC[C@H]1CN(CCN1CCN(c3ccccc3)CC1)C2. The summed E-state index contributed by atoms with van der Waals surface area (Å²) >= 11 is 0. The quantitative estimate of drug-likeness (QED) is 0.898. The molecule has 2 atom stereocenters. The Labute approximate surface area is 151 Å². The molecular formula is C20H30N4O. The van der Waals surface area contributed by atoms with E-state index in [1.807, 2.05) is 0 Å². The minimum absolute atomic E-state index is 0.211. The van der Waals surface area contributed by atoms with E-state index in [4.69, 9.17) is 0 Å². The van der Waals surface area contributed by atoms with Crippen LogP contribution in [0.15, 0.2) is 30.3 Å². The highest BCUT2D eigenvalue weighted by Gasteiger charge is 2.32. The van der Waals surface area contributed by atoms with Gasteiger partial charge in [-0.25, -0.2) is 0 Å². The highest BCUT2D eigenvalue weighted by Crippen LogP contribution is 2.22. The molecule has 3 aliphatic rings. The number of carbonyl (C=O) groups excluding carboxylic acids is 1. The maximum absolute atomic E-state index is 12.2. The van der Waals surface area contributed by atoms with Crippen LogP contribution in [0, 0.1) is 5.92 Å². The first-order valence-corrected chi connectivity index (χ1v) is 9.83. The Balaban J connectivity index is 1.25. The lowest BCUT2D eigenvalue weighted by atomic mass is 9.99.